The quantitative estimate of drug-likeness (QED) is 0.308. The molecule has 0 bridgehead atoms. The van der Waals surface area contributed by atoms with Gasteiger partial charge in [0.05, 0.1) is 38.6 Å². The Morgan fingerprint density at radius 2 is 1.26 bits per heavy atom. The normalized spacial score (nSPS) is 22.5. The number of ether oxygens (including phenoxy) is 4. The molecule has 0 spiro atoms. The third-order valence-electron chi connectivity index (χ3n) is 5.79. The summed E-state index contributed by atoms with van der Waals surface area (Å²) in [5.74, 6) is 0.943. The average Bonchev–Trinajstić information content (AvgIpc) is 2.89. The van der Waals surface area contributed by atoms with Gasteiger partial charge >= 0.3 is 0 Å². The lowest BCUT2D eigenvalue weighted by Gasteiger charge is -2.41. The molecule has 3 aromatic carbocycles. The summed E-state index contributed by atoms with van der Waals surface area (Å²) in [7, 11) is 0. The van der Waals surface area contributed by atoms with Crippen molar-refractivity contribution in [1.29, 1.82) is 0 Å². The van der Waals surface area contributed by atoms with Gasteiger partial charge in [0.15, 0.2) is 0 Å². The Hall–Kier alpha value is -2.15. The van der Waals surface area contributed by atoms with Gasteiger partial charge in [-0.25, -0.2) is 0 Å². The third kappa shape index (κ3) is 7.69. The molecular formula is C29H34O4S. The molecule has 0 aliphatic carbocycles. The highest BCUT2D eigenvalue weighted by Crippen LogP contribution is 2.33. The Kier molecular flexibility index (Phi) is 10.0. The van der Waals surface area contributed by atoms with E-state index in [0.29, 0.717) is 26.4 Å². The van der Waals surface area contributed by atoms with E-state index in [9.17, 15) is 0 Å². The van der Waals surface area contributed by atoms with Gasteiger partial charge < -0.3 is 18.9 Å². The van der Waals surface area contributed by atoms with Gasteiger partial charge in [0.2, 0.25) is 0 Å². The lowest BCUT2D eigenvalue weighted by molar-refractivity contribution is -0.192. The molecule has 0 N–H and O–H groups in total. The highest BCUT2D eigenvalue weighted by molar-refractivity contribution is 7.99. The molecule has 4 rings (SSSR count). The topological polar surface area (TPSA) is 36.9 Å². The molecule has 3 aromatic rings. The van der Waals surface area contributed by atoms with Gasteiger partial charge in [-0.1, -0.05) is 97.9 Å². The van der Waals surface area contributed by atoms with Crippen molar-refractivity contribution in [2.45, 2.75) is 56.9 Å². The maximum absolute atomic E-state index is 6.48. The summed E-state index contributed by atoms with van der Waals surface area (Å²) in [6.45, 7) is 4.35. The van der Waals surface area contributed by atoms with Gasteiger partial charge in [-0.15, -0.1) is 11.8 Å². The molecular weight excluding hydrogens is 444 g/mol. The first kappa shape index (κ1) is 25.0. The Morgan fingerprint density at radius 3 is 1.82 bits per heavy atom. The van der Waals surface area contributed by atoms with Gasteiger partial charge in [-0.05, 0) is 22.4 Å². The van der Waals surface area contributed by atoms with Crippen molar-refractivity contribution < 1.29 is 18.9 Å². The zero-order valence-electron chi connectivity index (χ0n) is 19.8. The minimum atomic E-state index is -0.153. The number of hydrogen-bond acceptors (Lipinski definition) is 5. The zero-order valence-corrected chi connectivity index (χ0v) is 20.6. The Balaban J connectivity index is 1.42. The average molecular weight is 479 g/mol. The first-order valence-electron chi connectivity index (χ1n) is 12.0. The highest BCUT2D eigenvalue weighted by atomic mass is 32.2. The number of thioether (sulfide) groups is 1. The van der Waals surface area contributed by atoms with Crippen molar-refractivity contribution in [2.75, 3.05) is 12.4 Å². The summed E-state index contributed by atoms with van der Waals surface area (Å²) in [6, 6.07) is 30.8. The monoisotopic (exact) mass is 478 g/mol. The van der Waals surface area contributed by atoms with Crippen LogP contribution in [0.25, 0.3) is 0 Å². The van der Waals surface area contributed by atoms with Crippen LogP contribution in [-0.4, -0.2) is 36.1 Å². The fraction of sp³-hybridized carbons (Fsp3) is 0.379. The molecule has 0 saturated carbocycles. The molecule has 180 valence electrons. The standard InChI is InChI=1S/C29H34O4S/c1-2-34-29-28(32-21-25-16-10-5-11-17-25)27(31-20-24-14-8-4-9-15-24)18-26(33-29)22-30-19-23-12-6-3-7-13-23/h3-17,26-29H,2,18-22H2,1H3/t26-,27-,28+,29-/m0/s1. The SMILES string of the molecule is CCS[C@@H]1O[C@H](COCc2ccccc2)C[C@H](OCc2ccccc2)[C@H]1OCc1ccccc1. The van der Waals surface area contributed by atoms with E-state index in [0.717, 1.165) is 23.3 Å². The van der Waals surface area contributed by atoms with Crippen LogP contribution in [0.5, 0.6) is 0 Å². The second kappa shape index (κ2) is 13.7. The van der Waals surface area contributed by atoms with E-state index in [1.54, 1.807) is 11.8 Å². The van der Waals surface area contributed by atoms with Crippen LogP contribution in [0.2, 0.25) is 0 Å². The smallest absolute Gasteiger partial charge is 0.132 e. The van der Waals surface area contributed by atoms with Crippen molar-refractivity contribution >= 4 is 11.8 Å². The molecule has 0 radical (unpaired) electrons. The number of rotatable bonds is 12. The first-order valence-corrected chi connectivity index (χ1v) is 13.1. The maximum atomic E-state index is 6.48. The minimum absolute atomic E-state index is 0.0369. The molecule has 0 amide bonds. The van der Waals surface area contributed by atoms with Crippen LogP contribution in [0.15, 0.2) is 91.0 Å². The van der Waals surface area contributed by atoms with Gasteiger partial charge in [-0.3, -0.25) is 0 Å². The van der Waals surface area contributed by atoms with E-state index >= 15 is 0 Å². The van der Waals surface area contributed by atoms with Crippen LogP contribution >= 0.6 is 11.8 Å². The van der Waals surface area contributed by atoms with Gasteiger partial charge in [0.1, 0.15) is 11.5 Å². The van der Waals surface area contributed by atoms with Crippen LogP contribution in [0.3, 0.4) is 0 Å². The van der Waals surface area contributed by atoms with E-state index in [1.807, 2.05) is 54.6 Å². The molecule has 5 heteroatoms. The number of hydrogen-bond donors (Lipinski definition) is 0. The largest absolute Gasteiger partial charge is 0.374 e. The van der Waals surface area contributed by atoms with Crippen LogP contribution in [-0.2, 0) is 38.8 Å². The van der Waals surface area contributed by atoms with Crippen molar-refractivity contribution in [3.63, 3.8) is 0 Å². The van der Waals surface area contributed by atoms with Crippen molar-refractivity contribution in [3.8, 4) is 0 Å². The van der Waals surface area contributed by atoms with Crippen molar-refractivity contribution in [2.24, 2.45) is 0 Å². The lowest BCUT2D eigenvalue weighted by atomic mass is 10.0. The van der Waals surface area contributed by atoms with Gasteiger partial charge in [-0.2, -0.15) is 0 Å². The number of benzene rings is 3. The minimum Gasteiger partial charge on any atom is -0.374 e. The summed E-state index contributed by atoms with van der Waals surface area (Å²) in [5.41, 5.74) is 3.37. The zero-order chi connectivity index (χ0) is 23.4. The van der Waals surface area contributed by atoms with E-state index in [1.165, 1.54) is 5.56 Å². The highest BCUT2D eigenvalue weighted by Gasteiger charge is 2.40. The summed E-state index contributed by atoms with van der Waals surface area (Å²) >= 11 is 1.77. The molecule has 1 heterocycles. The maximum Gasteiger partial charge on any atom is 0.132 e. The van der Waals surface area contributed by atoms with Crippen LogP contribution in [0.4, 0.5) is 0 Å². The first-order chi connectivity index (χ1) is 16.8. The fourth-order valence-corrected chi connectivity index (χ4v) is 5.08. The van der Waals surface area contributed by atoms with E-state index < -0.39 is 0 Å². The molecule has 1 saturated heterocycles. The predicted octanol–water partition coefficient (Wildman–Crippen LogP) is 6.24. The van der Waals surface area contributed by atoms with Crippen molar-refractivity contribution in [3.05, 3.63) is 108 Å². The lowest BCUT2D eigenvalue weighted by Crippen LogP contribution is -2.50. The Bertz CT molecular complexity index is 938. The van der Waals surface area contributed by atoms with Gasteiger partial charge in [0, 0.05) is 6.42 Å². The van der Waals surface area contributed by atoms with E-state index in [2.05, 4.69) is 43.3 Å². The Labute approximate surface area is 207 Å². The summed E-state index contributed by atoms with van der Waals surface area (Å²) < 4.78 is 25.4. The summed E-state index contributed by atoms with van der Waals surface area (Å²) in [5, 5.41) is 0. The fourth-order valence-electron chi connectivity index (χ4n) is 4.07. The molecule has 0 aromatic heterocycles. The van der Waals surface area contributed by atoms with Crippen LogP contribution < -0.4 is 0 Å². The van der Waals surface area contributed by atoms with Crippen molar-refractivity contribution in [1.82, 2.24) is 0 Å². The molecule has 0 unspecified atom stereocenters. The van der Waals surface area contributed by atoms with Gasteiger partial charge in [0.25, 0.3) is 0 Å². The molecule has 1 fully saturated rings. The Morgan fingerprint density at radius 1 is 0.735 bits per heavy atom. The van der Waals surface area contributed by atoms with Crippen LogP contribution in [0.1, 0.15) is 30.0 Å². The third-order valence-corrected chi connectivity index (χ3v) is 6.84. The molecule has 4 nitrogen and oxygen atoms in total. The second-order valence-electron chi connectivity index (χ2n) is 8.41. The molecule has 34 heavy (non-hydrogen) atoms. The summed E-state index contributed by atoms with van der Waals surface area (Å²) in [6.07, 6.45) is 0.471. The second-order valence-corrected chi connectivity index (χ2v) is 9.79. The molecule has 4 atom stereocenters. The molecule has 1 aliphatic rings. The van der Waals surface area contributed by atoms with E-state index in [4.69, 9.17) is 18.9 Å². The van der Waals surface area contributed by atoms with Crippen LogP contribution in [0, 0.1) is 0 Å². The molecule has 1 aliphatic heterocycles. The summed E-state index contributed by atoms with van der Waals surface area (Å²) in [4.78, 5) is 0. The van der Waals surface area contributed by atoms with E-state index in [-0.39, 0.29) is 23.7 Å². The predicted molar refractivity (Wildman–Crippen MR) is 138 cm³/mol.